The van der Waals surface area contributed by atoms with Gasteiger partial charge in [0.25, 0.3) is 0 Å². The van der Waals surface area contributed by atoms with Gasteiger partial charge in [-0.2, -0.15) is 0 Å². The summed E-state index contributed by atoms with van der Waals surface area (Å²) in [6, 6.07) is 10.6. The first-order valence-corrected chi connectivity index (χ1v) is 20.7. The molecule has 0 spiro atoms. The maximum absolute atomic E-state index is 13.8. The molecule has 2 fully saturated rings. The topological polar surface area (TPSA) is 210 Å². The highest BCUT2D eigenvalue weighted by molar-refractivity contribution is 6.10. The number of H-pyrrole nitrogens is 2. The number of methoxy groups -OCH3 is 5. The van der Waals surface area contributed by atoms with Gasteiger partial charge in [0.05, 0.1) is 74.9 Å². The summed E-state index contributed by atoms with van der Waals surface area (Å²) in [6.45, 7) is 5.78. The van der Waals surface area contributed by atoms with Gasteiger partial charge in [0, 0.05) is 73.9 Å². The number of imidazole rings is 2. The first kappa shape index (κ1) is 43.6. The van der Waals surface area contributed by atoms with Crippen molar-refractivity contribution in [3.63, 3.8) is 0 Å². The summed E-state index contributed by atoms with van der Waals surface area (Å²) in [7, 11) is 7.27. The second-order valence-corrected chi connectivity index (χ2v) is 15.6. The first-order chi connectivity index (χ1) is 29.5. The van der Waals surface area contributed by atoms with Gasteiger partial charge < -0.3 is 58.9 Å². The van der Waals surface area contributed by atoms with Crippen molar-refractivity contribution in [2.75, 3.05) is 55.2 Å². The molecule has 328 valence electrons. The van der Waals surface area contributed by atoms with Crippen molar-refractivity contribution in [2.24, 2.45) is 0 Å². The van der Waals surface area contributed by atoms with Crippen molar-refractivity contribution in [3.8, 4) is 22.5 Å². The Morgan fingerprint density at radius 3 is 1.92 bits per heavy atom. The number of rotatable bonds is 16. The Labute approximate surface area is 354 Å². The van der Waals surface area contributed by atoms with Crippen LogP contribution < -0.4 is 10.6 Å². The molecule has 0 saturated carbocycles. The van der Waals surface area contributed by atoms with Crippen molar-refractivity contribution < 1.29 is 43.2 Å². The van der Waals surface area contributed by atoms with Gasteiger partial charge in [-0.15, -0.1) is 0 Å². The van der Waals surface area contributed by atoms with Gasteiger partial charge in [-0.1, -0.05) is 24.3 Å². The van der Waals surface area contributed by atoms with E-state index in [0.29, 0.717) is 32.1 Å². The number of aromatic amines is 2. The van der Waals surface area contributed by atoms with Gasteiger partial charge in [0.2, 0.25) is 5.91 Å². The van der Waals surface area contributed by atoms with Crippen LogP contribution in [0.5, 0.6) is 0 Å². The second-order valence-electron chi connectivity index (χ2n) is 15.6. The Balaban J connectivity index is 1.16. The number of carbonyl (C=O) groups excluding carboxylic acids is 3. The number of carbonyl (C=O) groups is 3. The molecule has 0 bridgehead atoms. The summed E-state index contributed by atoms with van der Waals surface area (Å²) < 4.78 is 28.4. The summed E-state index contributed by atoms with van der Waals surface area (Å²) >= 11 is 0. The van der Waals surface area contributed by atoms with E-state index in [1.54, 1.807) is 32.1 Å². The van der Waals surface area contributed by atoms with E-state index in [-0.39, 0.29) is 18.0 Å². The summed E-state index contributed by atoms with van der Waals surface area (Å²) in [6.07, 6.45) is 3.33. The highest BCUT2D eigenvalue weighted by Crippen LogP contribution is 2.38. The lowest BCUT2D eigenvalue weighted by Gasteiger charge is -2.36. The van der Waals surface area contributed by atoms with E-state index < -0.39 is 42.7 Å². The molecule has 5 aromatic rings. The Hall–Kier alpha value is -5.53. The number of ether oxygens (including phenoxy) is 5. The molecule has 7 atom stereocenters. The number of hydrogen-bond donors (Lipinski definition) is 5. The van der Waals surface area contributed by atoms with Gasteiger partial charge >= 0.3 is 12.2 Å². The fourth-order valence-corrected chi connectivity index (χ4v) is 8.74. The average molecular weight is 844 g/mol. The van der Waals surface area contributed by atoms with Crippen LogP contribution >= 0.6 is 0 Å². The molecule has 3 aromatic heterocycles. The van der Waals surface area contributed by atoms with Crippen LogP contribution in [0, 0.1) is 0 Å². The first-order valence-electron chi connectivity index (χ1n) is 20.7. The molecule has 2 aromatic carbocycles. The third-order valence-corrected chi connectivity index (χ3v) is 12.2. The normalized spacial score (nSPS) is 19.5. The monoisotopic (exact) mass is 843 g/mol. The molecule has 3 amide bonds. The van der Waals surface area contributed by atoms with Crippen LogP contribution in [0.25, 0.3) is 44.3 Å². The molecule has 18 heteroatoms. The summed E-state index contributed by atoms with van der Waals surface area (Å²) in [4.78, 5) is 58.4. The van der Waals surface area contributed by atoms with Crippen LogP contribution in [0.2, 0.25) is 0 Å². The predicted molar refractivity (Wildman–Crippen MR) is 226 cm³/mol. The Morgan fingerprint density at radius 2 is 1.34 bits per heavy atom. The van der Waals surface area contributed by atoms with Crippen LogP contribution in [-0.2, 0) is 35.0 Å². The van der Waals surface area contributed by atoms with Crippen LogP contribution in [0.3, 0.4) is 0 Å². The minimum Gasteiger partial charge on any atom is -0.453 e. The number of amides is 3. The number of aromatic nitrogens is 5. The Bertz CT molecular complexity index is 2320. The molecule has 5 heterocycles. The maximum atomic E-state index is 13.8. The molecule has 61 heavy (non-hydrogen) atoms. The highest BCUT2D eigenvalue weighted by Gasteiger charge is 2.40. The number of likely N-dealkylation sites (tertiary alicyclic amines) is 2. The zero-order valence-corrected chi connectivity index (χ0v) is 35.8. The molecule has 5 N–H and O–H groups in total. The predicted octanol–water partition coefficient (Wildman–Crippen LogP) is 4.86. The molecule has 7 rings (SSSR count). The zero-order chi connectivity index (χ0) is 43.4. The van der Waals surface area contributed by atoms with Crippen LogP contribution in [0.15, 0.2) is 48.8 Å². The number of benzene rings is 2. The molecule has 1 unspecified atom stereocenters. The maximum Gasteiger partial charge on any atom is 0.407 e. The smallest absolute Gasteiger partial charge is 0.407 e. The SMILES string of the molecule is COCCn1c2cc(-c3cnc([C@@H]4CCCN4C(=O)[C@@H](NC(=O)OC)[C@@H](C)OC)[nH]3)ccc2c2ccc(-c3cnc([C@@H]4CCCN4C(O)[C@@H](NC(=O)OC)[C@@H](C)OC)[nH]3)cc21. The molecule has 2 saturated heterocycles. The van der Waals surface area contributed by atoms with Gasteiger partial charge in [-0.3, -0.25) is 9.69 Å². The summed E-state index contributed by atoms with van der Waals surface area (Å²) in [5.74, 6) is 1.14. The van der Waals surface area contributed by atoms with E-state index in [1.165, 1.54) is 28.4 Å². The fourth-order valence-electron chi connectivity index (χ4n) is 8.74. The van der Waals surface area contributed by atoms with Crippen molar-refractivity contribution in [2.45, 2.75) is 88.7 Å². The Morgan fingerprint density at radius 1 is 0.787 bits per heavy atom. The van der Waals surface area contributed by atoms with Crippen molar-refractivity contribution in [3.05, 3.63) is 60.4 Å². The Kier molecular flexibility index (Phi) is 13.6. The lowest BCUT2D eigenvalue weighted by atomic mass is 10.1. The lowest BCUT2D eigenvalue weighted by molar-refractivity contribution is -0.137. The average Bonchev–Trinajstić information content (AvgIpc) is 4.14. The highest BCUT2D eigenvalue weighted by atomic mass is 16.5. The van der Waals surface area contributed by atoms with Crippen LogP contribution in [0.1, 0.15) is 63.3 Å². The number of hydrogen-bond acceptors (Lipinski definition) is 12. The number of aliphatic hydroxyl groups excluding tert-OH is 1. The van der Waals surface area contributed by atoms with E-state index in [2.05, 4.69) is 61.6 Å². The van der Waals surface area contributed by atoms with Crippen molar-refractivity contribution >= 4 is 39.9 Å². The second kappa shape index (κ2) is 19.0. The van der Waals surface area contributed by atoms with Crippen LogP contribution in [0.4, 0.5) is 9.59 Å². The molecule has 0 radical (unpaired) electrons. The van der Waals surface area contributed by atoms with Gasteiger partial charge in [0.15, 0.2) is 0 Å². The fraction of sp³-hybridized carbons (Fsp3) is 0.512. The van der Waals surface area contributed by atoms with Crippen LogP contribution in [-0.4, -0.2) is 143 Å². The minimum absolute atomic E-state index is 0.204. The van der Waals surface area contributed by atoms with Gasteiger partial charge in [-0.25, -0.2) is 19.6 Å². The number of aliphatic hydroxyl groups is 1. The summed E-state index contributed by atoms with van der Waals surface area (Å²) in [5, 5.41) is 19.1. The van der Waals surface area contributed by atoms with Crippen molar-refractivity contribution in [1.82, 2.24) is 44.9 Å². The third kappa shape index (κ3) is 8.81. The number of alkyl carbamates (subject to hydrolysis) is 2. The lowest BCUT2D eigenvalue weighted by Crippen LogP contribution is -2.56. The van der Waals surface area contributed by atoms with Gasteiger partial charge in [0.1, 0.15) is 23.9 Å². The number of nitrogens with zero attached hydrogens (tertiary/aromatic N) is 5. The van der Waals surface area contributed by atoms with Crippen molar-refractivity contribution in [1.29, 1.82) is 0 Å². The largest absolute Gasteiger partial charge is 0.453 e. The van der Waals surface area contributed by atoms with E-state index >= 15 is 0 Å². The van der Waals surface area contributed by atoms with E-state index in [9.17, 15) is 19.5 Å². The zero-order valence-electron chi connectivity index (χ0n) is 35.8. The van der Waals surface area contributed by atoms with E-state index in [4.69, 9.17) is 33.7 Å². The van der Waals surface area contributed by atoms with E-state index in [1.807, 2.05) is 11.1 Å². The van der Waals surface area contributed by atoms with Gasteiger partial charge in [-0.05, 0) is 51.7 Å². The third-order valence-electron chi connectivity index (χ3n) is 12.2. The van der Waals surface area contributed by atoms with E-state index in [0.717, 1.165) is 75.8 Å². The minimum atomic E-state index is -1.04. The molecule has 18 nitrogen and oxygen atoms in total. The standard InChI is InChI=1S/C43H57N9O9/c1-24(58-4)36(48-42(55)60-6)40(53)51-16-8-10-32(51)38-44-22-30(46-38)26-12-14-28-29-15-13-27(21-35(29)50(18-19-57-3)34(28)20-26)31-23-45-39(47-31)33-11-9-17-52(33)41(54)37(25(2)59-5)49-43(56)61-7/h12-15,20-25,32-33,36-37,40,53H,8-11,16-19H2,1-7H3,(H,44,46)(H,45,47)(H,48,55)(H,49,56)/t24-,25-,32+,33+,36+,37+,40?/m1/s1. The number of nitrogens with one attached hydrogen (secondary N) is 4. The summed E-state index contributed by atoms with van der Waals surface area (Å²) in [5.41, 5.74) is 5.61. The number of fused-ring (bicyclic) bond motifs is 3. The molecule has 2 aliphatic rings. The molecule has 0 aliphatic carbocycles. The molecular formula is C43H57N9O9. The molecule has 2 aliphatic heterocycles. The molecular weight excluding hydrogens is 787 g/mol. The quantitative estimate of drug-likeness (QED) is 0.0903.